The van der Waals surface area contributed by atoms with E-state index >= 15 is 0 Å². The van der Waals surface area contributed by atoms with Crippen LogP contribution in [0.5, 0.6) is 0 Å². The van der Waals surface area contributed by atoms with Crippen LogP contribution in [-0.2, 0) is 4.79 Å². The number of hydrogen-bond donors (Lipinski definition) is 2. The average Bonchev–Trinajstić information content (AvgIpc) is 3.71. The van der Waals surface area contributed by atoms with Crippen molar-refractivity contribution in [3.8, 4) is 0 Å². The first kappa shape index (κ1) is 27.9. The van der Waals surface area contributed by atoms with E-state index in [2.05, 4.69) is 44.5 Å². The minimum absolute atomic E-state index is 0.0433. The van der Waals surface area contributed by atoms with E-state index in [1.165, 1.54) is 11.1 Å². The highest BCUT2D eigenvalue weighted by atomic mass is 16.4. The highest BCUT2D eigenvalue weighted by Crippen LogP contribution is 2.29. The van der Waals surface area contributed by atoms with E-state index in [1.807, 2.05) is 60.7 Å². The van der Waals surface area contributed by atoms with Crippen LogP contribution >= 0.6 is 0 Å². The topological polar surface area (TPSA) is 128 Å². The Kier molecular flexibility index (Phi) is 7.71. The first-order valence-corrected chi connectivity index (χ1v) is 14.1. The van der Waals surface area contributed by atoms with Gasteiger partial charge >= 0.3 is 5.97 Å². The second-order valence-electron chi connectivity index (χ2n) is 10.5. The molecule has 0 bridgehead atoms. The Hall–Kier alpha value is -5.29. The summed E-state index contributed by atoms with van der Waals surface area (Å²) in [6, 6.07) is 28.8. The van der Waals surface area contributed by atoms with E-state index in [9.17, 15) is 19.5 Å². The van der Waals surface area contributed by atoms with Crippen LogP contribution in [0.15, 0.2) is 97.2 Å². The average molecular weight is 578 g/mol. The van der Waals surface area contributed by atoms with Gasteiger partial charge < -0.3 is 15.0 Å². The maximum atomic E-state index is 13.9. The van der Waals surface area contributed by atoms with Gasteiger partial charge in [0.15, 0.2) is 5.69 Å². The molecule has 218 valence electrons. The van der Waals surface area contributed by atoms with Gasteiger partial charge in [0.2, 0.25) is 5.91 Å². The van der Waals surface area contributed by atoms with Crippen LogP contribution in [0.3, 0.4) is 0 Å². The van der Waals surface area contributed by atoms with Crippen LogP contribution in [0, 0.1) is 0 Å². The molecule has 0 saturated carbocycles. The lowest BCUT2D eigenvalue weighted by Gasteiger charge is -2.41. The number of H-pyrrole nitrogens is 1. The monoisotopic (exact) mass is 577 g/mol. The van der Waals surface area contributed by atoms with Crippen molar-refractivity contribution < 1.29 is 19.5 Å². The van der Waals surface area contributed by atoms with E-state index in [1.54, 1.807) is 17.9 Å². The Labute approximate surface area is 247 Å². The highest BCUT2D eigenvalue weighted by Gasteiger charge is 2.36. The number of aromatic carboxylic acids is 1. The third kappa shape index (κ3) is 5.62. The molecule has 3 aromatic carbocycles. The zero-order valence-electron chi connectivity index (χ0n) is 23.6. The maximum Gasteiger partial charge on any atom is 0.358 e. The normalized spacial score (nSPS) is 14.6. The van der Waals surface area contributed by atoms with Gasteiger partial charge in [0.1, 0.15) is 11.7 Å². The molecule has 3 heterocycles. The van der Waals surface area contributed by atoms with Gasteiger partial charge in [-0.25, -0.2) is 9.80 Å². The summed E-state index contributed by atoms with van der Waals surface area (Å²) in [4.78, 5) is 47.5. The number of carboxylic acid groups (broad SMARTS) is 1. The number of carbonyl (C=O) groups excluding carboxylic acids is 2. The number of hydrogen-bond acceptors (Lipinski definition) is 6. The molecule has 1 fully saturated rings. The minimum Gasteiger partial charge on any atom is -0.476 e. The molecule has 0 unspecified atom stereocenters. The molecular weight excluding hydrogens is 546 g/mol. The summed E-state index contributed by atoms with van der Waals surface area (Å²) in [5, 5.41) is 19.0. The Morgan fingerprint density at radius 1 is 0.860 bits per heavy atom. The van der Waals surface area contributed by atoms with Crippen molar-refractivity contribution in [3.05, 3.63) is 120 Å². The number of nitrogens with one attached hydrogen (secondary N) is 1. The number of aromatic amines is 1. The van der Waals surface area contributed by atoms with Crippen molar-refractivity contribution in [1.29, 1.82) is 0 Å². The predicted molar refractivity (Wildman–Crippen MR) is 160 cm³/mol. The predicted octanol–water partition coefficient (Wildman–Crippen LogP) is 3.56. The summed E-state index contributed by atoms with van der Waals surface area (Å²) in [6.07, 6.45) is 1.13. The van der Waals surface area contributed by atoms with Crippen LogP contribution < -0.4 is 5.01 Å². The van der Waals surface area contributed by atoms with Crippen molar-refractivity contribution in [2.45, 2.75) is 19.0 Å². The third-order valence-electron chi connectivity index (χ3n) is 7.84. The summed E-state index contributed by atoms with van der Waals surface area (Å²) < 4.78 is 0. The number of nitrogens with zero attached hydrogens (tertiary/aromatic N) is 6. The van der Waals surface area contributed by atoms with E-state index in [0.717, 1.165) is 26.9 Å². The fraction of sp³-hybridized carbons (Fsp3) is 0.219. The Morgan fingerprint density at radius 3 is 2.05 bits per heavy atom. The van der Waals surface area contributed by atoms with Gasteiger partial charge in [0, 0.05) is 37.1 Å². The summed E-state index contributed by atoms with van der Waals surface area (Å²) in [5.74, 6) is -2.09. The number of fused-ring (bicyclic) bond motifs is 1. The van der Waals surface area contributed by atoms with Crippen molar-refractivity contribution in [1.82, 2.24) is 29.9 Å². The zero-order valence-corrected chi connectivity index (χ0v) is 23.6. The molecule has 1 atom stereocenters. The molecule has 0 aliphatic carbocycles. The van der Waals surface area contributed by atoms with Gasteiger partial charge in [-0.1, -0.05) is 78.9 Å². The molecular formula is C32H31N7O4. The van der Waals surface area contributed by atoms with Gasteiger partial charge in [0.05, 0.1) is 12.2 Å². The van der Waals surface area contributed by atoms with Crippen LogP contribution in [-0.4, -0.2) is 85.0 Å². The van der Waals surface area contributed by atoms with Gasteiger partial charge in [-0.15, -0.1) is 5.10 Å². The van der Waals surface area contributed by atoms with Crippen molar-refractivity contribution in [2.75, 3.05) is 31.2 Å². The van der Waals surface area contributed by atoms with Gasteiger partial charge in [-0.2, -0.15) is 4.79 Å². The van der Waals surface area contributed by atoms with Crippen LogP contribution in [0.1, 0.15) is 45.1 Å². The molecule has 0 radical (unpaired) electrons. The van der Waals surface area contributed by atoms with Gasteiger partial charge in [-0.3, -0.25) is 14.5 Å². The Balaban J connectivity index is 1.24. The quantitative estimate of drug-likeness (QED) is 0.289. The molecule has 43 heavy (non-hydrogen) atoms. The largest absolute Gasteiger partial charge is 0.476 e. The van der Waals surface area contributed by atoms with E-state index in [-0.39, 0.29) is 23.3 Å². The molecule has 11 heteroatoms. The Bertz CT molecular complexity index is 1670. The van der Waals surface area contributed by atoms with E-state index in [0.29, 0.717) is 26.2 Å². The second kappa shape index (κ2) is 11.9. The molecule has 2 amide bonds. The first-order valence-electron chi connectivity index (χ1n) is 14.1. The fourth-order valence-corrected chi connectivity index (χ4v) is 5.67. The summed E-state index contributed by atoms with van der Waals surface area (Å²) >= 11 is 0. The number of aromatic nitrogens is 4. The molecule has 2 N–H and O–H groups in total. The zero-order chi connectivity index (χ0) is 29.9. The second-order valence-corrected chi connectivity index (χ2v) is 10.5. The molecule has 2 aromatic heterocycles. The Morgan fingerprint density at radius 2 is 1.47 bits per heavy atom. The van der Waals surface area contributed by atoms with Crippen molar-refractivity contribution in [2.24, 2.45) is 0 Å². The molecule has 1 aliphatic heterocycles. The van der Waals surface area contributed by atoms with Crippen molar-refractivity contribution in [3.63, 3.8) is 0 Å². The number of amides is 2. The SMILES string of the molecule is C[C@@H](C(=O)N1CCN(C(c2ccccc2)c2ccccc2)CC1)N(C(=O)c1cc2ccccc2[nH]1)n1cc(C(=O)O)nn1. The molecule has 0 spiro atoms. The van der Waals surface area contributed by atoms with Crippen LogP contribution in [0.2, 0.25) is 0 Å². The fourth-order valence-electron chi connectivity index (χ4n) is 5.67. The first-order chi connectivity index (χ1) is 20.9. The molecule has 1 aliphatic rings. The summed E-state index contributed by atoms with van der Waals surface area (Å²) in [6.45, 7) is 3.82. The summed E-state index contributed by atoms with van der Waals surface area (Å²) in [5.41, 5.74) is 3.02. The number of benzene rings is 3. The maximum absolute atomic E-state index is 13.9. The van der Waals surface area contributed by atoms with Gasteiger partial charge in [0.25, 0.3) is 5.91 Å². The number of carbonyl (C=O) groups is 3. The van der Waals surface area contributed by atoms with E-state index in [4.69, 9.17) is 0 Å². The van der Waals surface area contributed by atoms with Crippen LogP contribution in [0.25, 0.3) is 10.9 Å². The highest BCUT2D eigenvalue weighted by molar-refractivity contribution is 6.06. The minimum atomic E-state index is -1.29. The lowest BCUT2D eigenvalue weighted by atomic mass is 9.96. The molecule has 6 rings (SSSR count). The third-order valence-corrected chi connectivity index (χ3v) is 7.84. The number of rotatable bonds is 8. The standard InChI is InChI=1S/C32H31N7O4/c1-22(39(38-21-28(32(42)43)34-35-38)31(41)27-20-25-14-8-9-15-26(25)33-27)30(40)37-18-16-36(17-19-37)29(23-10-4-2-5-11-23)24-12-6-3-7-13-24/h2-15,20-22,29,33H,16-19H2,1H3,(H,42,43)/t22-/m0/s1. The van der Waals surface area contributed by atoms with Crippen molar-refractivity contribution >= 4 is 28.7 Å². The molecule has 11 nitrogen and oxygen atoms in total. The molecule has 1 saturated heterocycles. The molecule has 5 aromatic rings. The number of piperazine rings is 1. The van der Waals surface area contributed by atoms with Crippen LogP contribution in [0.4, 0.5) is 0 Å². The summed E-state index contributed by atoms with van der Waals surface area (Å²) in [7, 11) is 0. The number of para-hydroxylation sites is 1. The number of carboxylic acids is 1. The lowest BCUT2D eigenvalue weighted by Crippen LogP contribution is -2.58. The lowest BCUT2D eigenvalue weighted by molar-refractivity contribution is -0.134. The smallest absolute Gasteiger partial charge is 0.358 e. The van der Waals surface area contributed by atoms with E-state index < -0.39 is 17.9 Å². The van der Waals surface area contributed by atoms with Gasteiger partial charge in [-0.05, 0) is 35.4 Å².